The fraction of sp³-hybridized carbons (Fsp3) is 0.348. The molecule has 3 N–H and O–H groups in total. The minimum absolute atomic E-state index is 0.0548. The van der Waals surface area contributed by atoms with Crippen molar-refractivity contribution in [3.8, 4) is 0 Å². The number of amides is 3. The molecule has 0 aliphatic carbocycles. The molecule has 158 valence electrons. The van der Waals surface area contributed by atoms with Crippen molar-refractivity contribution < 1.29 is 14.4 Å². The second-order valence-corrected chi connectivity index (χ2v) is 7.44. The van der Waals surface area contributed by atoms with Gasteiger partial charge in [-0.3, -0.25) is 14.4 Å². The Balaban J connectivity index is 1.48. The van der Waals surface area contributed by atoms with E-state index in [9.17, 15) is 14.4 Å². The Morgan fingerprint density at radius 1 is 0.767 bits per heavy atom. The molecule has 1 aliphatic heterocycles. The van der Waals surface area contributed by atoms with E-state index in [4.69, 9.17) is 0 Å². The van der Waals surface area contributed by atoms with E-state index < -0.39 is 0 Å². The predicted molar refractivity (Wildman–Crippen MR) is 119 cm³/mol. The Labute approximate surface area is 176 Å². The number of nitrogens with zero attached hydrogens (tertiary/aromatic N) is 1. The third-order valence-electron chi connectivity index (χ3n) is 4.97. The van der Waals surface area contributed by atoms with Crippen LogP contribution >= 0.6 is 0 Å². The molecule has 0 aromatic heterocycles. The number of hydrogen-bond donors (Lipinski definition) is 3. The number of carbonyl (C=O) groups excluding carboxylic acids is 3. The third kappa shape index (κ3) is 6.34. The zero-order valence-corrected chi connectivity index (χ0v) is 17.2. The van der Waals surface area contributed by atoms with E-state index >= 15 is 0 Å². The van der Waals surface area contributed by atoms with Gasteiger partial charge in [-0.15, -0.1) is 0 Å². The van der Waals surface area contributed by atoms with Crippen molar-refractivity contribution in [2.75, 3.05) is 35.6 Å². The first kappa shape index (κ1) is 21.4. The van der Waals surface area contributed by atoms with Crippen LogP contribution in [0.5, 0.6) is 0 Å². The summed E-state index contributed by atoms with van der Waals surface area (Å²) in [7, 11) is 0. The molecule has 7 heteroatoms. The summed E-state index contributed by atoms with van der Waals surface area (Å²) in [5.41, 5.74) is 2.77. The maximum Gasteiger partial charge on any atom is 0.253 e. The van der Waals surface area contributed by atoms with E-state index in [1.807, 2.05) is 4.90 Å². The molecular weight excluding hydrogens is 380 g/mol. The van der Waals surface area contributed by atoms with Crippen molar-refractivity contribution in [1.29, 1.82) is 0 Å². The summed E-state index contributed by atoms with van der Waals surface area (Å²) in [6.07, 6.45) is 4.48. The molecule has 2 aromatic carbocycles. The van der Waals surface area contributed by atoms with Crippen molar-refractivity contribution in [2.24, 2.45) is 0 Å². The van der Waals surface area contributed by atoms with Crippen molar-refractivity contribution in [1.82, 2.24) is 4.90 Å². The average molecular weight is 409 g/mol. The van der Waals surface area contributed by atoms with Gasteiger partial charge in [0.05, 0.1) is 6.54 Å². The van der Waals surface area contributed by atoms with E-state index in [2.05, 4.69) is 16.0 Å². The number of carbonyl (C=O) groups is 3. The minimum Gasteiger partial charge on any atom is -0.376 e. The Morgan fingerprint density at radius 3 is 1.90 bits per heavy atom. The number of rotatable bonds is 6. The molecule has 1 saturated heterocycles. The van der Waals surface area contributed by atoms with E-state index in [-0.39, 0.29) is 24.3 Å². The third-order valence-corrected chi connectivity index (χ3v) is 4.97. The molecule has 1 heterocycles. The molecule has 3 amide bonds. The largest absolute Gasteiger partial charge is 0.376 e. The monoisotopic (exact) mass is 408 g/mol. The summed E-state index contributed by atoms with van der Waals surface area (Å²) >= 11 is 0. The van der Waals surface area contributed by atoms with Crippen LogP contribution in [0.4, 0.5) is 17.1 Å². The lowest BCUT2D eigenvalue weighted by molar-refractivity contribution is -0.115. The SMILES string of the molecule is CC(=O)Nc1ccc(NCC(=O)Nc2ccc(C(=O)N3CCCCCC3)cc2)cc1. The van der Waals surface area contributed by atoms with Gasteiger partial charge in [-0.1, -0.05) is 12.8 Å². The molecule has 1 fully saturated rings. The highest BCUT2D eigenvalue weighted by Crippen LogP contribution is 2.16. The average Bonchev–Trinajstić information content (AvgIpc) is 3.02. The standard InChI is InChI=1S/C23H28N4O3/c1-17(28)25-20-12-10-19(11-13-20)24-16-22(29)26-21-8-6-18(7-9-21)23(30)27-14-4-2-3-5-15-27/h6-13,24H,2-5,14-16H2,1H3,(H,25,28)(H,26,29). The zero-order valence-electron chi connectivity index (χ0n) is 17.2. The van der Waals surface area contributed by atoms with Crippen LogP contribution in [0.15, 0.2) is 48.5 Å². The highest BCUT2D eigenvalue weighted by molar-refractivity contribution is 5.96. The molecule has 2 aromatic rings. The van der Waals surface area contributed by atoms with Crippen LogP contribution in [-0.4, -0.2) is 42.3 Å². The lowest BCUT2D eigenvalue weighted by atomic mass is 10.1. The molecule has 3 rings (SSSR count). The van der Waals surface area contributed by atoms with Crippen LogP contribution in [0, 0.1) is 0 Å². The number of anilines is 3. The van der Waals surface area contributed by atoms with Crippen LogP contribution in [-0.2, 0) is 9.59 Å². The fourth-order valence-electron chi connectivity index (χ4n) is 3.41. The van der Waals surface area contributed by atoms with Crippen LogP contribution in [0.3, 0.4) is 0 Å². The van der Waals surface area contributed by atoms with Gasteiger partial charge in [0.15, 0.2) is 0 Å². The summed E-state index contributed by atoms with van der Waals surface area (Å²) in [6.45, 7) is 3.19. The Kier molecular flexibility index (Phi) is 7.43. The van der Waals surface area contributed by atoms with Crippen molar-refractivity contribution in [2.45, 2.75) is 32.6 Å². The van der Waals surface area contributed by atoms with E-state index in [1.54, 1.807) is 48.5 Å². The Bertz CT molecular complexity index is 870. The van der Waals surface area contributed by atoms with Crippen molar-refractivity contribution in [3.05, 3.63) is 54.1 Å². The first-order chi connectivity index (χ1) is 14.5. The number of likely N-dealkylation sites (tertiary alicyclic amines) is 1. The van der Waals surface area contributed by atoms with Gasteiger partial charge in [0.25, 0.3) is 5.91 Å². The van der Waals surface area contributed by atoms with Gasteiger partial charge in [-0.05, 0) is 61.4 Å². The first-order valence-corrected chi connectivity index (χ1v) is 10.3. The molecule has 0 saturated carbocycles. The van der Waals surface area contributed by atoms with Crippen LogP contribution in [0.1, 0.15) is 43.0 Å². The molecule has 0 bridgehead atoms. The summed E-state index contributed by atoms with van der Waals surface area (Å²) < 4.78 is 0. The van der Waals surface area contributed by atoms with Crippen LogP contribution < -0.4 is 16.0 Å². The minimum atomic E-state index is -0.187. The molecule has 0 radical (unpaired) electrons. The van der Waals surface area contributed by atoms with E-state index in [0.717, 1.165) is 31.6 Å². The number of hydrogen-bond acceptors (Lipinski definition) is 4. The van der Waals surface area contributed by atoms with Crippen molar-refractivity contribution >= 4 is 34.8 Å². The van der Waals surface area contributed by atoms with Gasteiger partial charge in [0.1, 0.15) is 0 Å². The molecular formula is C23H28N4O3. The van der Waals surface area contributed by atoms with Gasteiger partial charge in [-0.2, -0.15) is 0 Å². The molecule has 0 unspecified atom stereocenters. The van der Waals surface area contributed by atoms with Gasteiger partial charge in [0, 0.05) is 42.6 Å². The van der Waals surface area contributed by atoms with Gasteiger partial charge >= 0.3 is 0 Å². The topological polar surface area (TPSA) is 90.5 Å². The molecule has 30 heavy (non-hydrogen) atoms. The lowest BCUT2D eigenvalue weighted by Gasteiger charge is -2.20. The Hall–Kier alpha value is -3.35. The van der Waals surface area contributed by atoms with E-state index in [1.165, 1.54) is 19.8 Å². The summed E-state index contributed by atoms with van der Waals surface area (Å²) in [5, 5.41) is 8.55. The summed E-state index contributed by atoms with van der Waals surface area (Å²) in [4.78, 5) is 37.8. The molecule has 0 atom stereocenters. The lowest BCUT2D eigenvalue weighted by Crippen LogP contribution is -2.31. The highest BCUT2D eigenvalue weighted by Gasteiger charge is 2.17. The Morgan fingerprint density at radius 2 is 1.30 bits per heavy atom. The quantitative estimate of drug-likeness (QED) is 0.680. The highest BCUT2D eigenvalue weighted by atomic mass is 16.2. The summed E-state index contributed by atoms with van der Waals surface area (Å²) in [5.74, 6) is -0.263. The predicted octanol–water partition coefficient (Wildman–Crippen LogP) is 3.71. The number of benzene rings is 2. The maximum atomic E-state index is 12.6. The smallest absolute Gasteiger partial charge is 0.253 e. The normalized spacial score (nSPS) is 13.8. The maximum absolute atomic E-state index is 12.6. The number of nitrogens with one attached hydrogen (secondary N) is 3. The molecule has 7 nitrogen and oxygen atoms in total. The van der Waals surface area contributed by atoms with E-state index in [0.29, 0.717) is 16.9 Å². The second-order valence-electron chi connectivity index (χ2n) is 7.44. The van der Waals surface area contributed by atoms with Crippen LogP contribution in [0.2, 0.25) is 0 Å². The van der Waals surface area contributed by atoms with Crippen LogP contribution in [0.25, 0.3) is 0 Å². The second kappa shape index (κ2) is 10.4. The zero-order chi connectivity index (χ0) is 21.3. The summed E-state index contributed by atoms with van der Waals surface area (Å²) in [6, 6.07) is 14.2. The molecule has 1 aliphatic rings. The van der Waals surface area contributed by atoms with Gasteiger partial charge in [0.2, 0.25) is 11.8 Å². The van der Waals surface area contributed by atoms with Crippen molar-refractivity contribution in [3.63, 3.8) is 0 Å². The first-order valence-electron chi connectivity index (χ1n) is 10.3. The van der Waals surface area contributed by atoms with Gasteiger partial charge < -0.3 is 20.9 Å². The van der Waals surface area contributed by atoms with Gasteiger partial charge in [-0.25, -0.2) is 0 Å². The molecule has 0 spiro atoms. The fourth-order valence-corrected chi connectivity index (χ4v) is 3.41.